The number of fused-ring (bicyclic) bond motifs is 2. The minimum atomic E-state index is -0.985. The zero-order valence-electron chi connectivity index (χ0n) is 18.2. The Morgan fingerprint density at radius 1 is 0.941 bits per heavy atom. The van der Waals surface area contributed by atoms with Gasteiger partial charge in [-0.25, -0.2) is 4.79 Å². The first-order valence-electron chi connectivity index (χ1n) is 10.2. The lowest BCUT2D eigenvalue weighted by atomic mass is 10.00. The molecular weight excluding hydrogens is 452 g/mol. The smallest absolute Gasteiger partial charge is 0.347 e. The van der Waals surface area contributed by atoms with E-state index in [4.69, 9.17) is 14.2 Å². The summed E-state index contributed by atoms with van der Waals surface area (Å²) in [4.78, 5) is 55.0. The van der Waals surface area contributed by atoms with Gasteiger partial charge in [0.25, 0.3) is 11.4 Å². The molecule has 0 saturated carbocycles. The van der Waals surface area contributed by atoms with Gasteiger partial charge in [0.15, 0.2) is 11.6 Å². The van der Waals surface area contributed by atoms with Crippen LogP contribution < -0.4 is 9.47 Å². The van der Waals surface area contributed by atoms with Gasteiger partial charge in [0.1, 0.15) is 17.6 Å². The van der Waals surface area contributed by atoms with Gasteiger partial charge in [-0.05, 0) is 26.0 Å². The van der Waals surface area contributed by atoms with E-state index in [0.717, 1.165) is 6.07 Å². The SMILES string of the molecule is CC1CC(=O)c2cc([N+](=O)[O-])ccc2O1.CCOC(=O)C1CC(=O)c2cc([N+](=O)[O-])ccc2O1. The number of Topliss-reactive ketones (excluding diaryl/α,β-unsaturated/α-hetero) is 2. The average molecular weight is 472 g/mol. The topological polar surface area (TPSA) is 165 Å². The van der Waals surface area contributed by atoms with E-state index in [0.29, 0.717) is 11.3 Å². The van der Waals surface area contributed by atoms with Crippen molar-refractivity contribution in [2.75, 3.05) is 6.61 Å². The van der Waals surface area contributed by atoms with E-state index in [1.165, 1.54) is 30.3 Å². The molecule has 2 unspecified atom stereocenters. The number of non-ortho nitro benzene ring substituents is 2. The standard InChI is InChI=1S/C12H11NO6.C10H9NO4/c1-2-18-12(15)11-6-9(14)8-5-7(13(16)17)3-4-10(8)19-11;1-6-4-9(12)8-5-7(11(13)14)2-3-10(8)15-6/h3-5,11H,2,6H2,1H3;2-3,5-6H,4H2,1H3. The lowest BCUT2D eigenvalue weighted by Gasteiger charge is -2.23. The molecule has 2 aliphatic rings. The molecule has 34 heavy (non-hydrogen) atoms. The number of ether oxygens (including phenoxy) is 3. The van der Waals surface area contributed by atoms with Crippen LogP contribution in [0.5, 0.6) is 11.5 Å². The van der Waals surface area contributed by atoms with Gasteiger partial charge in [0, 0.05) is 30.7 Å². The van der Waals surface area contributed by atoms with E-state index >= 15 is 0 Å². The lowest BCUT2D eigenvalue weighted by Crippen LogP contribution is -2.35. The van der Waals surface area contributed by atoms with E-state index in [2.05, 4.69) is 0 Å². The van der Waals surface area contributed by atoms with Crippen molar-refractivity contribution < 1.29 is 38.4 Å². The maximum atomic E-state index is 11.9. The third kappa shape index (κ3) is 5.34. The van der Waals surface area contributed by atoms with Gasteiger partial charge in [-0.2, -0.15) is 0 Å². The fourth-order valence-electron chi connectivity index (χ4n) is 3.37. The highest BCUT2D eigenvalue weighted by Crippen LogP contribution is 2.32. The summed E-state index contributed by atoms with van der Waals surface area (Å²) in [6.45, 7) is 3.64. The van der Waals surface area contributed by atoms with Gasteiger partial charge in [-0.1, -0.05) is 0 Å². The molecule has 0 fully saturated rings. The Morgan fingerprint density at radius 3 is 1.94 bits per heavy atom. The molecule has 0 N–H and O–H groups in total. The van der Waals surface area contributed by atoms with Gasteiger partial charge < -0.3 is 14.2 Å². The van der Waals surface area contributed by atoms with Crippen molar-refractivity contribution in [1.82, 2.24) is 0 Å². The quantitative estimate of drug-likeness (QED) is 0.365. The zero-order chi connectivity index (χ0) is 25.0. The maximum absolute atomic E-state index is 11.9. The van der Waals surface area contributed by atoms with Crippen LogP contribution in [0.15, 0.2) is 36.4 Å². The Labute approximate surface area is 192 Å². The predicted octanol–water partition coefficient (Wildman–Crippen LogP) is 3.44. The van der Waals surface area contributed by atoms with Gasteiger partial charge in [0.05, 0.1) is 34.0 Å². The van der Waals surface area contributed by atoms with E-state index < -0.39 is 21.9 Å². The van der Waals surface area contributed by atoms with Crippen molar-refractivity contribution in [3.63, 3.8) is 0 Å². The maximum Gasteiger partial charge on any atom is 0.347 e. The van der Waals surface area contributed by atoms with Crippen LogP contribution in [0.2, 0.25) is 0 Å². The average Bonchev–Trinajstić information content (AvgIpc) is 2.79. The zero-order valence-corrected chi connectivity index (χ0v) is 18.2. The number of nitro benzene ring substituents is 2. The van der Waals surface area contributed by atoms with Crippen LogP contribution in [-0.4, -0.2) is 46.2 Å². The van der Waals surface area contributed by atoms with Gasteiger partial charge >= 0.3 is 5.97 Å². The molecule has 12 heteroatoms. The molecule has 12 nitrogen and oxygen atoms in total. The molecule has 0 radical (unpaired) electrons. The number of esters is 1. The fourth-order valence-corrected chi connectivity index (χ4v) is 3.37. The summed E-state index contributed by atoms with van der Waals surface area (Å²) < 4.78 is 15.5. The van der Waals surface area contributed by atoms with E-state index in [1.807, 2.05) is 0 Å². The summed E-state index contributed by atoms with van der Waals surface area (Å²) in [6.07, 6.45) is -1.05. The van der Waals surface area contributed by atoms with Crippen molar-refractivity contribution in [2.24, 2.45) is 0 Å². The van der Waals surface area contributed by atoms with Crippen molar-refractivity contribution in [1.29, 1.82) is 0 Å². The molecule has 0 amide bonds. The van der Waals surface area contributed by atoms with Crippen LogP contribution in [0.4, 0.5) is 11.4 Å². The largest absolute Gasteiger partial charge is 0.489 e. The number of hydrogen-bond acceptors (Lipinski definition) is 10. The first kappa shape index (κ1) is 24.3. The molecule has 2 aromatic rings. The minimum Gasteiger partial charge on any atom is -0.489 e. The normalized spacial score (nSPS) is 18.2. The highest BCUT2D eigenvalue weighted by atomic mass is 16.6. The summed E-state index contributed by atoms with van der Waals surface area (Å²) >= 11 is 0. The molecule has 2 heterocycles. The Bertz CT molecular complexity index is 1180. The number of hydrogen-bond donors (Lipinski definition) is 0. The van der Waals surface area contributed by atoms with E-state index in [9.17, 15) is 34.6 Å². The molecule has 2 aliphatic heterocycles. The Kier molecular flexibility index (Phi) is 7.19. The Morgan fingerprint density at radius 2 is 1.44 bits per heavy atom. The predicted molar refractivity (Wildman–Crippen MR) is 115 cm³/mol. The van der Waals surface area contributed by atoms with Crippen molar-refractivity contribution in [3.05, 3.63) is 67.8 Å². The molecule has 0 aliphatic carbocycles. The van der Waals surface area contributed by atoms with Crippen LogP contribution >= 0.6 is 0 Å². The number of nitrogens with zero attached hydrogens (tertiary/aromatic N) is 2. The van der Waals surface area contributed by atoms with Crippen LogP contribution in [0.1, 0.15) is 47.4 Å². The van der Waals surface area contributed by atoms with Gasteiger partial charge in [0.2, 0.25) is 6.10 Å². The second-order valence-corrected chi connectivity index (χ2v) is 7.42. The third-order valence-electron chi connectivity index (χ3n) is 4.94. The summed E-state index contributed by atoms with van der Waals surface area (Å²) in [5, 5.41) is 21.1. The molecule has 0 spiro atoms. The fraction of sp³-hybridized carbons (Fsp3) is 0.318. The Hall–Kier alpha value is -4.35. The first-order chi connectivity index (χ1) is 16.1. The molecule has 2 atom stereocenters. The molecule has 0 aromatic heterocycles. The van der Waals surface area contributed by atoms with Gasteiger partial charge in [-0.15, -0.1) is 0 Å². The van der Waals surface area contributed by atoms with Crippen LogP contribution in [0, 0.1) is 20.2 Å². The van der Waals surface area contributed by atoms with Crippen LogP contribution in [-0.2, 0) is 9.53 Å². The first-order valence-corrected chi connectivity index (χ1v) is 10.2. The monoisotopic (exact) mass is 472 g/mol. The van der Waals surface area contributed by atoms with Gasteiger partial charge in [-0.3, -0.25) is 29.8 Å². The molecule has 178 valence electrons. The van der Waals surface area contributed by atoms with Crippen molar-refractivity contribution in [2.45, 2.75) is 38.9 Å². The lowest BCUT2D eigenvalue weighted by molar-refractivity contribution is -0.385. The third-order valence-corrected chi connectivity index (χ3v) is 4.94. The summed E-state index contributed by atoms with van der Waals surface area (Å²) in [5.41, 5.74) is 0.155. The number of rotatable bonds is 4. The Balaban J connectivity index is 0.000000196. The molecule has 0 bridgehead atoms. The number of ketones is 2. The number of benzene rings is 2. The number of nitro groups is 2. The van der Waals surface area contributed by atoms with E-state index in [-0.39, 0.29) is 59.8 Å². The highest BCUT2D eigenvalue weighted by molar-refractivity contribution is 6.03. The van der Waals surface area contributed by atoms with E-state index in [1.54, 1.807) is 13.8 Å². The molecule has 0 saturated heterocycles. The van der Waals surface area contributed by atoms with Crippen molar-refractivity contribution in [3.8, 4) is 11.5 Å². The highest BCUT2D eigenvalue weighted by Gasteiger charge is 2.33. The molecular formula is C22H20N2O10. The number of carbonyl (C=O) groups excluding carboxylic acids is 3. The molecule has 2 aromatic carbocycles. The second kappa shape index (κ2) is 10.1. The second-order valence-electron chi connectivity index (χ2n) is 7.42. The van der Waals surface area contributed by atoms with Crippen molar-refractivity contribution >= 4 is 28.9 Å². The van der Waals surface area contributed by atoms with Crippen LogP contribution in [0.25, 0.3) is 0 Å². The number of carbonyl (C=O) groups is 3. The minimum absolute atomic E-state index is 0.0831. The van der Waals surface area contributed by atoms with Crippen LogP contribution in [0.3, 0.4) is 0 Å². The summed E-state index contributed by atoms with van der Waals surface area (Å²) in [5.74, 6) is -0.487. The molecule has 4 rings (SSSR count). The summed E-state index contributed by atoms with van der Waals surface area (Å²) in [7, 11) is 0. The summed E-state index contributed by atoms with van der Waals surface area (Å²) in [6, 6.07) is 7.77.